The maximum atomic E-state index is 12.7. The van der Waals surface area contributed by atoms with Crippen molar-refractivity contribution in [1.82, 2.24) is 4.90 Å². The third-order valence-electron chi connectivity index (χ3n) is 7.30. The van der Waals surface area contributed by atoms with E-state index >= 15 is 0 Å². The van der Waals surface area contributed by atoms with Gasteiger partial charge in [0.25, 0.3) is 0 Å². The van der Waals surface area contributed by atoms with Crippen LogP contribution in [0, 0.1) is 5.41 Å². The molecule has 2 aliphatic heterocycles. The summed E-state index contributed by atoms with van der Waals surface area (Å²) in [4.78, 5) is 15.3. The van der Waals surface area contributed by atoms with E-state index in [1.165, 1.54) is 5.56 Å². The zero-order valence-corrected chi connectivity index (χ0v) is 14.0. The Hall–Kier alpha value is -1.81. The predicted molar refractivity (Wildman–Crippen MR) is 90.4 cm³/mol. The minimum Gasteiger partial charge on any atom is -0.504 e. The molecule has 2 bridgehead atoms. The number of hydrogen-bond acceptors (Lipinski definition) is 4. The number of nitrogens with zero attached hydrogens (tertiary/aromatic N) is 1. The number of ether oxygens (including phenoxy) is 1. The zero-order valence-electron chi connectivity index (χ0n) is 14.0. The van der Waals surface area contributed by atoms with Crippen LogP contribution >= 0.6 is 0 Å². The lowest BCUT2D eigenvalue weighted by atomic mass is 9.44. The quantitative estimate of drug-likeness (QED) is 0.849. The maximum absolute atomic E-state index is 12.7. The molecule has 1 aromatic carbocycles. The molecular formula is C20H23NO3. The van der Waals surface area contributed by atoms with Gasteiger partial charge in [0.1, 0.15) is 0 Å². The first-order valence-electron chi connectivity index (χ1n) is 8.92. The minimum atomic E-state index is -0.424. The van der Waals surface area contributed by atoms with Gasteiger partial charge in [0, 0.05) is 24.6 Å². The third kappa shape index (κ3) is 1.39. The molecule has 1 saturated heterocycles. The van der Waals surface area contributed by atoms with Crippen LogP contribution in [0.1, 0.15) is 37.3 Å². The smallest absolute Gasteiger partial charge is 0.174 e. The van der Waals surface area contributed by atoms with Crippen molar-refractivity contribution in [2.75, 3.05) is 13.1 Å². The molecule has 1 N–H and O–H groups in total. The van der Waals surface area contributed by atoms with Gasteiger partial charge in [-0.2, -0.15) is 0 Å². The highest BCUT2D eigenvalue weighted by Crippen LogP contribution is 2.68. The second-order valence-electron chi connectivity index (χ2n) is 8.05. The highest BCUT2D eigenvalue weighted by molar-refractivity contribution is 5.89. The summed E-state index contributed by atoms with van der Waals surface area (Å²) in [7, 11) is 0. The van der Waals surface area contributed by atoms with Crippen molar-refractivity contribution in [1.29, 1.82) is 0 Å². The van der Waals surface area contributed by atoms with E-state index in [2.05, 4.69) is 18.4 Å². The fraction of sp³-hybridized carbons (Fsp3) is 0.550. The number of likely N-dealkylation sites (tertiary alicyclic amines) is 1. The van der Waals surface area contributed by atoms with Crippen molar-refractivity contribution < 1.29 is 14.6 Å². The molecule has 1 spiro atoms. The van der Waals surface area contributed by atoms with Crippen molar-refractivity contribution in [2.24, 2.45) is 5.41 Å². The molecule has 0 radical (unpaired) electrons. The van der Waals surface area contributed by atoms with Gasteiger partial charge in [0.2, 0.25) is 0 Å². The van der Waals surface area contributed by atoms with Crippen LogP contribution in [0.2, 0.25) is 0 Å². The Bertz CT molecular complexity index is 772. The van der Waals surface area contributed by atoms with Gasteiger partial charge in [-0.25, -0.2) is 0 Å². The Balaban J connectivity index is 1.80. The van der Waals surface area contributed by atoms with E-state index in [1.807, 2.05) is 12.1 Å². The van der Waals surface area contributed by atoms with E-state index < -0.39 is 6.10 Å². The number of carbonyl (C=O) groups is 1. The van der Waals surface area contributed by atoms with Crippen molar-refractivity contribution >= 4 is 5.78 Å². The average Bonchev–Trinajstić information content (AvgIpc) is 2.91. The first-order valence-corrected chi connectivity index (χ1v) is 8.92. The Labute approximate surface area is 142 Å². The summed E-state index contributed by atoms with van der Waals surface area (Å²) < 4.78 is 6.14. The average molecular weight is 325 g/mol. The standard InChI is InChI=1S/C20H23NO3/c1-3-9-21-10-8-20-16-12-4-5-13(22)17(16)24-18(20)14(23)6-7-19(20,2)15(21)11-12/h3-5,15,18,22H,1,6-11H2,2H3/t15-,18+,19?,20+/m1/s1. The Morgan fingerprint density at radius 3 is 3.08 bits per heavy atom. The molecule has 126 valence electrons. The van der Waals surface area contributed by atoms with Crippen LogP contribution in [0.4, 0.5) is 0 Å². The van der Waals surface area contributed by atoms with Gasteiger partial charge in [-0.05, 0) is 42.9 Å². The van der Waals surface area contributed by atoms with Crippen LogP contribution in [0.3, 0.4) is 0 Å². The number of piperidine rings is 1. The van der Waals surface area contributed by atoms with E-state index in [1.54, 1.807) is 6.07 Å². The number of phenols is 1. The fourth-order valence-electron chi connectivity index (χ4n) is 6.23. The Morgan fingerprint density at radius 1 is 1.46 bits per heavy atom. The molecule has 1 saturated carbocycles. The molecule has 2 aliphatic carbocycles. The van der Waals surface area contributed by atoms with Crippen molar-refractivity contribution in [2.45, 2.75) is 50.2 Å². The number of rotatable bonds is 2. The molecule has 24 heavy (non-hydrogen) atoms. The molecule has 2 fully saturated rings. The van der Waals surface area contributed by atoms with Gasteiger partial charge < -0.3 is 9.84 Å². The van der Waals surface area contributed by atoms with E-state index in [0.717, 1.165) is 37.9 Å². The molecule has 4 aliphatic rings. The van der Waals surface area contributed by atoms with E-state index in [9.17, 15) is 9.90 Å². The second-order valence-corrected chi connectivity index (χ2v) is 8.05. The van der Waals surface area contributed by atoms with Crippen molar-refractivity contribution in [3.8, 4) is 11.5 Å². The lowest BCUT2D eigenvalue weighted by molar-refractivity contribution is -0.151. The zero-order chi connectivity index (χ0) is 16.7. The Morgan fingerprint density at radius 2 is 2.29 bits per heavy atom. The highest BCUT2D eigenvalue weighted by atomic mass is 16.5. The van der Waals surface area contributed by atoms with Crippen LogP contribution in [0.25, 0.3) is 0 Å². The minimum absolute atomic E-state index is 0.00111. The monoisotopic (exact) mass is 325 g/mol. The molecular weight excluding hydrogens is 302 g/mol. The van der Waals surface area contributed by atoms with E-state index in [-0.39, 0.29) is 22.4 Å². The van der Waals surface area contributed by atoms with Crippen LogP contribution in [-0.2, 0) is 16.6 Å². The van der Waals surface area contributed by atoms with Gasteiger partial charge in [-0.1, -0.05) is 19.1 Å². The SMILES string of the molecule is C=CCN1CC[C@]23c4c5ccc(O)c4O[C@H]2C(=O)CCC3(C)[C@H]1C5. The number of hydrogen-bond donors (Lipinski definition) is 1. The third-order valence-corrected chi connectivity index (χ3v) is 7.30. The number of Topliss-reactive ketones (excluding diaryl/α,β-unsaturated/α-hetero) is 1. The molecule has 0 aromatic heterocycles. The number of carbonyl (C=O) groups excluding carboxylic acids is 1. The van der Waals surface area contributed by atoms with Crippen LogP contribution in [-0.4, -0.2) is 41.0 Å². The van der Waals surface area contributed by atoms with Gasteiger partial charge >= 0.3 is 0 Å². The van der Waals surface area contributed by atoms with Gasteiger partial charge in [-0.15, -0.1) is 6.58 Å². The highest BCUT2D eigenvalue weighted by Gasteiger charge is 2.71. The van der Waals surface area contributed by atoms with Gasteiger partial charge in [0.15, 0.2) is 23.4 Å². The first kappa shape index (κ1) is 14.5. The van der Waals surface area contributed by atoms with E-state index in [4.69, 9.17) is 4.74 Å². The molecule has 5 rings (SSSR count). The molecule has 1 aromatic rings. The van der Waals surface area contributed by atoms with Crippen LogP contribution < -0.4 is 4.74 Å². The molecule has 4 heteroatoms. The first-order chi connectivity index (χ1) is 11.5. The molecule has 0 amide bonds. The number of benzene rings is 1. The number of aromatic hydroxyl groups is 1. The largest absolute Gasteiger partial charge is 0.504 e. The van der Waals surface area contributed by atoms with Crippen molar-refractivity contribution in [3.05, 3.63) is 35.9 Å². The lowest BCUT2D eigenvalue weighted by Gasteiger charge is -2.64. The summed E-state index contributed by atoms with van der Waals surface area (Å²) in [6, 6.07) is 4.15. The molecule has 1 unspecified atom stereocenters. The summed E-state index contributed by atoms with van der Waals surface area (Å²) >= 11 is 0. The summed E-state index contributed by atoms with van der Waals surface area (Å²) in [5.74, 6) is 0.959. The van der Waals surface area contributed by atoms with Gasteiger partial charge in [0.05, 0.1) is 5.41 Å². The molecule has 4 nitrogen and oxygen atoms in total. The predicted octanol–water partition coefficient (Wildman–Crippen LogP) is 2.58. The summed E-state index contributed by atoms with van der Waals surface area (Å²) in [5.41, 5.74) is 2.11. The van der Waals surface area contributed by atoms with Gasteiger partial charge in [-0.3, -0.25) is 9.69 Å². The maximum Gasteiger partial charge on any atom is 0.174 e. The summed E-state index contributed by atoms with van der Waals surface area (Å²) in [6.45, 7) is 8.11. The second kappa shape index (κ2) is 4.42. The van der Waals surface area contributed by atoms with E-state index in [0.29, 0.717) is 18.2 Å². The molecule has 2 heterocycles. The summed E-state index contributed by atoms with van der Waals surface area (Å²) in [5, 5.41) is 10.4. The Kier molecular flexibility index (Phi) is 2.68. The fourth-order valence-corrected chi connectivity index (χ4v) is 6.23. The molecule has 4 atom stereocenters. The van der Waals surface area contributed by atoms with Crippen LogP contribution in [0.15, 0.2) is 24.8 Å². The number of ketones is 1. The van der Waals surface area contributed by atoms with Crippen LogP contribution in [0.5, 0.6) is 11.5 Å². The normalized spacial score (nSPS) is 39.3. The van der Waals surface area contributed by atoms with Crippen molar-refractivity contribution in [3.63, 3.8) is 0 Å². The lowest BCUT2D eigenvalue weighted by Crippen LogP contribution is -2.71. The number of phenolic OH excluding ortho intramolecular Hbond substituents is 1. The topological polar surface area (TPSA) is 49.8 Å². The summed E-state index contributed by atoms with van der Waals surface area (Å²) in [6.07, 6.45) is 4.90.